The minimum atomic E-state index is -1.34. The maximum absolute atomic E-state index is 4.75. The standard InChI is InChI=1S/C7H5N2.C7H12N.C2H6.Hg/c1-2-4-7-6(3-1)8-5-9-7;1-3-7-5-4-6(2)8-7;1-2;/h1-4H,(H,8,9);3,6-7H,1,4-5H2,2H3;1-2H3;/q;-1;;+1. The molecule has 2 aromatic rings. The molecule has 20 heavy (non-hydrogen) atoms. The fourth-order valence-corrected chi connectivity index (χ4v) is 10.3. The van der Waals surface area contributed by atoms with Gasteiger partial charge in [0.2, 0.25) is 0 Å². The molecule has 0 spiro atoms. The predicted molar refractivity (Wildman–Crippen MR) is 81.6 cm³/mol. The molecule has 2 unspecified atom stereocenters. The van der Waals surface area contributed by atoms with Gasteiger partial charge in [0.05, 0.1) is 0 Å². The Bertz CT molecular complexity index is 531. The summed E-state index contributed by atoms with van der Waals surface area (Å²) in [4.78, 5) is 8.25. The smallest absolute Gasteiger partial charge is 0.0683 e. The molecule has 0 amide bonds. The van der Waals surface area contributed by atoms with Crippen LogP contribution in [0.5, 0.6) is 0 Å². The maximum atomic E-state index is 4.75. The average Bonchev–Trinajstić information content (AvgIpc) is 3.05. The van der Waals surface area contributed by atoms with Crippen LogP contribution in [0.15, 0.2) is 36.9 Å². The van der Waals surface area contributed by atoms with Crippen LogP contribution in [0.1, 0.15) is 33.6 Å². The number of nitrogens with zero attached hydrogens (tertiary/aromatic N) is 2. The Morgan fingerprint density at radius 3 is 2.80 bits per heavy atom. The molecule has 1 aromatic heterocycles. The van der Waals surface area contributed by atoms with Crippen molar-refractivity contribution in [2.45, 2.75) is 45.7 Å². The van der Waals surface area contributed by atoms with Gasteiger partial charge < -0.3 is 0 Å². The summed E-state index contributed by atoms with van der Waals surface area (Å²) < 4.78 is 3.97. The molecule has 1 N–H and O–H groups in total. The summed E-state index contributed by atoms with van der Waals surface area (Å²) in [6.45, 7) is 10.3. The third kappa shape index (κ3) is 3.31. The first-order chi connectivity index (χ1) is 9.78. The number of aromatic nitrogens is 2. The number of benzene rings is 1. The van der Waals surface area contributed by atoms with Crippen molar-refractivity contribution >= 4 is 14.4 Å². The third-order valence-electron chi connectivity index (χ3n) is 3.92. The Morgan fingerprint density at radius 2 is 2.10 bits per heavy atom. The Labute approximate surface area is 134 Å². The van der Waals surface area contributed by atoms with Crippen molar-refractivity contribution in [2.75, 3.05) is 0 Å². The van der Waals surface area contributed by atoms with Gasteiger partial charge in [-0.3, -0.25) is 0 Å². The van der Waals surface area contributed by atoms with Gasteiger partial charge in [0.15, 0.2) is 0 Å². The topological polar surface area (TPSA) is 31.9 Å². The summed E-state index contributed by atoms with van der Waals surface area (Å²) in [5, 5.41) is 0. The van der Waals surface area contributed by atoms with Gasteiger partial charge in [-0.1, -0.05) is 13.8 Å². The van der Waals surface area contributed by atoms with Crippen molar-refractivity contribution in [1.29, 1.82) is 0 Å². The predicted octanol–water partition coefficient (Wildman–Crippen LogP) is 3.25. The van der Waals surface area contributed by atoms with Gasteiger partial charge in [0.25, 0.3) is 0 Å². The molecule has 0 aliphatic carbocycles. The van der Waals surface area contributed by atoms with Crippen LogP contribution in [0, 0.1) is 0 Å². The molecule has 2 atom stereocenters. The van der Waals surface area contributed by atoms with E-state index >= 15 is 0 Å². The molecule has 1 aliphatic rings. The van der Waals surface area contributed by atoms with Gasteiger partial charge in [-0.15, -0.1) is 0 Å². The van der Waals surface area contributed by atoms with Crippen LogP contribution in [-0.4, -0.2) is 24.7 Å². The number of para-hydroxylation sites is 2. The largest absolute Gasteiger partial charge is 0.0683 e. The number of rotatable bonds is 3. The molecule has 2 heterocycles. The molecule has 1 fully saturated rings. The summed E-state index contributed by atoms with van der Waals surface area (Å²) in [7, 11) is 0. The summed E-state index contributed by atoms with van der Waals surface area (Å²) in [6.07, 6.45) is 4.69. The van der Waals surface area contributed by atoms with E-state index in [1.54, 1.807) is 0 Å². The Hall–Kier alpha value is -0.675. The maximum Gasteiger partial charge on any atom is -0.0683 e. The van der Waals surface area contributed by atoms with Crippen LogP contribution < -0.4 is 3.33 Å². The summed E-state index contributed by atoms with van der Waals surface area (Å²) in [5.74, 6) is 0. The van der Waals surface area contributed by atoms with E-state index in [0.29, 0.717) is 12.1 Å². The molecule has 104 valence electrons. The molecule has 4 heteroatoms. The number of imidazole rings is 1. The van der Waals surface area contributed by atoms with Crippen LogP contribution in [0.2, 0.25) is 0 Å². The minimum Gasteiger partial charge on any atom is -0.0683 e. The summed E-state index contributed by atoms with van der Waals surface area (Å²) >= 11 is -1.34. The summed E-state index contributed by atoms with van der Waals surface area (Å²) in [6, 6.07) is 9.61. The van der Waals surface area contributed by atoms with E-state index < -0.39 is 24.9 Å². The van der Waals surface area contributed by atoms with Crippen molar-refractivity contribution in [3.05, 3.63) is 36.9 Å². The van der Waals surface area contributed by atoms with Crippen LogP contribution in [0.4, 0.5) is 0 Å². The SMILES string of the molecule is C=CC1CCC(C)[N]1[Hg][c]1nc2ccccc2[nH]1.CC. The van der Waals surface area contributed by atoms with Gasteiger partial charge in [-0.25, -0.2) is 0 Å². The average molecular weight is 458 g/mol. The fraction of sp³-hybridized carbons (Fsp3) is 0.438. The molecule has 1 aliphatic heterocycles. The Kier molecular flexibility index (Phi) is 5.79. The van der Waals surface area contributed by atoms with E-state index in [2.05, 4.69) is 51.5 Å². The van der Waals surface area contributed by atoms with Gasteiger partial charge in [0.1, 0.15) is 0 Å². The Morgan fingerprint density at radius 1 is 1.35 bits per heavy atom. The fourth-order valence-electron chi connectivity index (χ4n) is 2.85. The van der Waals surface area contributed by atoms with Crippen LogP contribution in [0.3, 0.4) is 0 Å². The van der Waals surface area contributed by atoms with Crippen LogP contribution in [0.25, 0.3) is 11.0 Å². The Balaban J connectivity index is 0.000000704. The normalized spacial score (nSPS) is 22.1. The molecular formula is C16H23HgN3. The minimum absolute atomic E-state index is 0.592. The molecule has 0 radical (unpaired) electrons. The molecule has 0 bridgehead atoms. The van der Waals surface area contributed by atoms with Crippen molar-refractivity contribution in [2.24, 2.45) is 0 Å². The van der Waals surface area contributed by atoms with Gasteiger partial charge in [0, 0.05) is 0 Å². The molecule has 3 rings (SSSR count). The van der Waals surface area contributed by atoms with E-state index in [4.69, 9.17) is 4.98 Å². The molecular weight excluding hydrogens is 435 g/mol. The second kappa shape index (κ2) is 7.37. The number of fused-ring (bicyclic) bond motifs is 1. The monoisotopic (exact) mass is 459 g/mol. The third-order valence-corrected chi connectivity index (χ3v) is 12.0. The second-order valence-corrected chi connectivity index (χ2v) is 11.8. The molecule has 1 aromatic carbocycles. The first-order valence-corrected chi connectivity index (χ1v) is 12.8. The first-order valence-electron chi connectivity index (χ1n) is 7.60. The van der Waals surface area contributed by atoms with Crippen molar-refractivity contribution in [3.63, 3.8) is 0 Å². The molecule has 1 saturated heterocycles. The van der Waals surface area contributed by atoms with Crippen LogP contribution in [-0.2, 0) is 24.9 Å². The molecule has 3 nitrogen and oxygen atoms in total. The number of H-pyrrole nitrogens is 1. The quantitative estimate of drug-likeness (QED) is 0.567. The van der Waals surface area contributed by atoms with Crippen LogP contribution >= 0.6 is 0 Å². The van der Waals surface area contributed by atoms with Crippen molar-refractivity contribution < 1.29 is 24.9 Å². The number of hydrogen-bond donors (Lipinski definition) is 1. The van der Waals surface area contributed by atoms with E-state index in [1.165, 1.54) is 21.7 Å². The van der Waals surface area contributed by atoms with Gasteiger partial charge in [-0.2, -0.15) is 0 Å². The van der Waals surface area contributed by atoms with E-state index in [0.717, 1.165) is 5.52 Å². The van der Waals surface area contributed by atoms with Gasteiger partial charge >= 0.3 is 121 Å². The van der Waals surface area contributed by atoms with Crippen molar-refractivity contribution in [1.82, 2.24) is 12.6 Å². The van der Waals surface area contributed by atoms with E-state index in [1.807, 2.05) is 13.8 Å². The number of hydrogen-bond acceptors (Lipinski definition) is 2. The number of nitrogens with one attached hydrogen (secondary N) is 1. The number of aromatic amines is 1. The van der Waals surface area contributed by atoms with E-state index in [9.17, 15) is 0 Å². The van der Waals surface area contributed by atoms with E-state index in [-0.39, 0.29) is 0 Å². The molecule has 0 saturated carbocycles. The zero-order chi connectivity index (χ0) is 14.5. The first kappa shape index (κ1) is 15.7. The van der Waals surface area contributed by atoms with Gasteiger partial charge in [-0.05, 0) is 0 Å². The van der Waals surface area contributed by atoms with Crippen molar-refractivity contribution in [3.8, 4) is 0 Å². The summed E-state index contributed by atoms with van der Waals surface area (Å²) in [5.41, 5.74) is 2.28. The zero-order valence-electron chi connectivity index (χ0n) is 12.8. The second-order valence-electron chi connectivity index (χ2n) is 5.10. The zero-order valence-corrected chi connectivity index (χ0v) is 18.3.